The third kappa shape index (κ3) is 22.5. The first-order valence-electron chi connectivity index (χ1n) is 40.7. The number of ether oxygens (including phenoxy) is 12. The van der Waals surface area contributed by atoms with Crippen LogP contribution in [0, 0.1) is 40.9 Å². The van der Waals surface area contributed by atoms with Gasteiger partial charge in [-0.05, 0) is 122 Å². The van der Waals surface area contributed by atoms with Crippen molar-refractivity contribution in [3.05, 3.63) is 94.5 Å². The fourth-order valence-electron chi connectivity index (χ4n) is 16.1. The zero-order chi connectivity index (χ0) is 84.4. The number of carbonyl (C=O) groups excluding carboxylic acids is 8. The number of methoxy groups -OCH3 is 2. The monoisotopic (exact) mass is 1660 g/mol. The molecule has 5 heterocycles. The molecule has 4 aromatic carbocycles. The summed E-state index contributed by atoms with van der Waals surface area (Å²) in [7, 11) is 2.94. The summed E-state index contributed by atoms with van der Waals surface area (Å²) in [5, 5.41) is 70.8. The Bertz CT molecular complexity index is 4330. The number of hydrogen-bond acceptors (Lipinski definition) is 26. The van der Waals surface area contributed by atoms with Crippen molar-refractivity contribution in [2.45, 2.75) is 172 Å². The van der Waals surface area contributed by atoms with E-state index in [1.54, 1.807) is 19.9 Å². The van der Waals surface area contributed by atoms with Gasteiger partial charge in [0, 0.05) is 81.1 Å². The smallest absolute Gasteiger partial charge is 0.416 e. The van der Waals surface area contributed by atoms with Gasteiger partial charge >= 0.3 is 18.2 Å². The minimum atomic E-state index is -2.09. The van der Waals surface area contributed by atoms with Crippen LogP contribution in [0.1, 0.15) is 129 Å². The second-order valence-electron chi connectivity index (χ2n) is 31.4. The van der Waals surface area contributed by atoms with Gasteiger partial charge in [0.2, 0.25) is 23.6 Å². The van der Waals surface area contributed by atoms with Gasteiger partial charge in [0.15, 0.2) is 41.6 Å². The first kappa shape index (κ1) is 88.2. The Balaban J connectivity index is 0.695. The predicted molar refractivity (Wildman–Crippen MR) is 425 cm³/mol. The molecule has 2 saturated heterocycles. The largest absolute Gasteiger partial charge is 0.493 e. The SMILES string of the molecule is COc1cc2c(cc1OCCCCCOc1cc3c(cc1OC)C(=O)N1Cc4ccccc4C[C@H]1[C@H](O)N3C(=O)OCc1ccc(NC(=O)[C@H](CO[C@@H]3O[C@H](C(=O)O)[C@@H](O)[C@H](O)[C@H]3O)NC(=O)[C@@H](NC(C)=O)C(C)C)cc1NC(=O)CCOCCOCCOCCOCCNC(=O)OCC1[C@H]3CCC#CCC[C@@H]13)NC[C@@H]1CC3(CC3)CN1C2=O. The van der Waals surface area contributed by atoms with E-state index in [2.05, 4.69) is 43.7 Å². The summed E-state index contributed by atoms with van der Waals surface area (Å²) in [6, 6.07) is 14.1. The van der Waals surface area contributed by atoms with Crippen molar-refractivity contribution in [1.82, 2.24) is 25.8 Å². The number of fused-ring (bicyclic) bond motifs is 6. The van der Waals surface area contributed by atoms with Gasteiger partial charge in [0.25, 0.3) is 11.8 Å². The van der Waals surface area contributed by atoms with Gasteiger partial charge in [0.1, 0.15) is 37.0 Å². The van der Waals surface area contributed by atoms with Gasteiger partial charge in [-0.2, -0.15) is 0 Å². The maximum absolute atomic E-state index is 15.2. The average molecular weight is 1660 g/mol. The number of carbonyl (C=O) groups is 9. The molecule has 35 heteroatoms. The highest BCUT2D eigenvalue weighted by molar-refractivity contribution is 6.06. The highest BCUT2D eigenvalue weighted by Crippen LogP contribution is 2.56. The Kier molecular flexibility index (Phi) is 30.5. The number of unbranched alkanes of at least 4 members (excludes halogenated alkanes) is 2. The molecule has 119 heavy (non-hydrogen) atoms. The number of benzene rings is 4. The van der Waals surface area contributed by atoms with Crippen molar-refractivity contribution in [1.29, 1.82) is 0 Å². The second-order valence-corrected chi connectivity index (χ2v) is 31.4. The summed E-state index contributed by atoms with van der Waals surface area (Å²) in [6.07, 6.45) is -4.83. The molecule has 2 saturated carbocycles. The number of rotatable bonds is 40. The maximum atomic E-state index is 15.2. The first-order chi connectivity index (χ1) is 57.4. The Morgan fingerprint density at radius 2 is 1.34 bits per heavy atom. The molecule has 8 aliphatic rings. The van der Waals surface area contributed by atoms with E-state index >= 15 is 9.59 Å². The van der Waals surface area contributed by atoms with Crippen LogP contribution in [0.25, 0.3) is 0 Å². The standard InChI is InChI=1S/C84H109N9O26/c1-48(2)70(87-49(3)94)76(100)90-62(46-116-81-73(98)71(96)72(97)74(119-81)80(104)105)75(99)88-53-20-19-52(60(36-53)89-69(95)21-27-110-29-31-112-33-34-113-32-30-111-28-24-85-82(106)117-45-59-55-17-9-6-7-10-18-56(55)59)44-118-83(107)93-63-40-68(66(109-5)38-58(63)78(102)91-43-51-16-12-11-15-50(51)35-64(91)79(93)103)115-26-14-8-13-25-114-67-39-61-57(37-65(67)108-4)77(101)92-47-84(22-23-84)41-54(92)42-86-61/h11-12,15-16,19-20,36-40,48,54-56,59,62,64,70-74,79,81,86,96-98,103H,8-10,13-14,17-18,21-35,41-47H2,1-5H3,(H,85,106)(H,87,94)(H,88,99)(H,89,95)(H,90,100)(H,104,105)/t54-,55-,56+,59?,62-,64-,70-,71-,72-,73+,74-,79-,81+/m0/s1. The minimum absolute atomic E-state index is 0.0165. The number of carboxylic acids is 1. The van der Waals surface area contributed by atoms with Crippen LogP contribution >= 0.6 is 0 Å². The van der Waals surface area contributed by atoms with Crippen molar-refractivity contribution in [3.63, 3.8) is 0 Å². The summed E-state index contributed by atoms with van der Waals surface area (Å²) in [6.45, 7) is 6.98. The lowest BCUT2D eigenvalue weighted by atomic mass is 9.93. The van der Waals surface area contributed by atoms with Gasteiger partial charge in [-0.15, -0.1) is 11.8 Å². The number of aliphatic hydroxyl groups is 4. The molecule has 1 unspecified atom stereocenters. The number of amides is 8. The van der Waals surface area contributed by atoms with Crippen molar-refractivity contribution in [2.24, 2.45) is 29.1 Å². The van der Waals surface area contributed by atoms with Crippen molar-refractivity contribution in [3.8, 4) is 34.8 Å². The van der Waals surface area contributed by atoms with E-state index in [1.165, 1.54) is 56.4 Å². The number of aliphatic carboxylic acids is 1. The summed E-state index contributed by atoms with van der Waals surface area (Å²) in [4.78, 5) is 127. The predicted octanol–water partition coefficient (Wildman–Crippen LogP) is 4.85. The summed E-state index contributed by atoms with van der Waals surface area (Å²) < 4.78 is 69.3. The quantitative estimate of drug-likeness (QED) is 0.0209. The fraction of sp³-hybridized carbons (Fsp3) is 0.583. The van der Waals surface area contributed by atoms with E-state index in [0.29, 0.717) is 79.5 Å². The van der Waals surface area contributed by atoms with Crippen LogP contribution in [-0.2, 0) is 81.4 Å². The average Bonchev–Trinajstić information content (AvgIpc) is 1.63. The zero-order valence-corrected chi connectivity index (χ0v) is 67.6. The maximum Gasteiger partial charge on any atom is 0.416 e. The number of anilines is 4. The number of aliphatic hydroxyl groups excluding tert-OH is 4. The highest BCUT2D eigenvalue weighted by Gasteiger charge is 2.55. The van der Waals surface area contributed by atoms with Gasteiger partial charge < -0.3 is 124 Å². The van der Waals surface area contributed by atoms with Crippen LogP contribution in [0.5, 0.6) is 23.0 Å². The van der Waals surface area contributed by atoms with Crippen LogP contribution in [0.4, 0.5) is 32.3 Å². The molecule has 5 aliphatic heterocycles. The minimum Gasteiger partial charge on any atom is -0.493 e. The molecule has 646 valence electrons. The van der Waals surface area contributed by atoms with E-state index < -0.39 is 122 Å². The molecule has 12 rings (SSSR count). The molecular weight excluding hydrogens is 1550 g/mol. The first-order valence-corrected chi connectivity index (χ1v) is 40.7. The molecule has 0 bridgehead atoms. The number of hydrogen-bond donors (Lipinski definition) is 11. The fourth-order valence-corrected chi connectivity index (χ4v) is 16.1. The third-order valence-corrected chi connectivity index (χ3v) is 22.9. The Labute approximate surface area is 689 Å². The van der Waals surface area contributed by atoms with Crippen LogP contribution in [-0.4, -0.2) is 263 Å². The number of nitrogens with one attached hydrogen (secondary N) is 6. The van der Waals surface area contributed by atoms with E-state index in [1.807, 2.05) is 35.2 Å². The molecule has 3 aliphatic carbocycles. The normalized spacial score (nSPS) is 23.3. The van der Waals surface area contributed by atoms with Crippen LogP contribution in [0.15, 0.2) is 66.7 Å². The van der Waals surface area contributed by atoms with E-state index in [4.69, 9.17) is 56.8 Å². The molecule has 4 fully saturated rings. The number of alkyl carbamates (subject to hydrolysis) is 1. The van der Waals surface area contributed by atoms with Crippen LogP contribution in [0.2, 0.25) is 0 Å². The molecule has 0 radical (unpaired) electrons. The van der Waals surface area contributed by atoms with Crippen LogP contribution < -0.4 is 55.7 Å². The van der Waals surface area contributed by atoms with E-state index in [-0.39, 0.29) is 142 Å². The summed E-state index contributed by atoms with van der Waals surface area (Å²) >= 11 is 0. The highest BCUT2D eigenvalue weighted by atomic mass is 16.7. The molecule has 11 N–H and O–H groups in total. The lowest BCUT2D eigenvalue weighted by Gasteiger charge is -2.39. The lowest BCUT2D eigenvalue weighted by molar-refractivity contribution is -0.294. The van der Waals surface area contributed by atoms with Crippen molar-refractivity contribution in [2.75, 3.05) is 134 Å². The lowest BCUT2D eigenvalue weighted by Crippen LogP contribution is -2.61. The zero-order valence-electron chi connectivity index (χ0n) is 67.6. The third-order valence-electron chi connectivity index (χ3n) is 22.9. The number of nitrogens with zero attached hydrogens (tertiary/aromatic N) is 3. The van der Waals surface area contributed by atoms with Gasteiger partial charge in [-0.25, -0.2) is 19.3 Å². The van der Waals surface area contributed by atoms with Crippen molar-refractivity contribution < 1.29 is 126 Å². The number of carboxylic acid groups (broad SMARTS) is 1. The molecular formula is C84H109N9O26. The molecule has 8 amide bonds. The molecule has 4 aromatic rings. The molecule has 35 nitrogen and oxygen atoms in total. The van der Waals surface area contributed by atoms with Gasteiger partial charge in [-0.1, -0.05) is 44.2 Å². The molecule has 1 spiro atoms. The van der Waals surface area contributed by atoms with Crippen molar-refractivity contribution >= 4 is 76.3 Å². The topological polar surface area (TPSA) is 447 Å². The second kappa shape index (κ2) is 41.2. The summed E-state index contributed by atoms with van der Waals surface area (Å²) in [5.74, 6) is 3.26. The van der Waals surface area contributed by atoms with E-state index in [0.717, 1.165) is 67.5 Å². The van der Waals surface area contributed by atoms with Gasteiger partial charge in [0.05, 0.1) is 128 Å². The molecule has 0 aromatic heterocycles. The van der Waals surface area contributed by atoms with Crippen LogP contribution in [0.3, 0.4) is 0 Å². The Morgan fingerprint density at radius 1 is 0.689 bits per heavy atom. The van der Waals surface area contributed by atoms with E-state index in [9.17, 15) is 59.1 Å². The van der Waals surface area contributed by atoms with Gasteiger partial charge in [-0.3, -0.25) is 28.8 Å². The Morgan fingerprint density at radius 3 is 1.99 bits per heavy atom. The summed E-state index contributed by atoms with van der Waals surface area (Å²) in [5.41, 5.74) is 3.09. The Hall–Kier alpha value is -10.1. The molecule has 13 atom stereocenters.